The summed E-state index contributed by atoms with van der Waals surface area (Å²) < 4.78 is 10.6. The van der Waals surface area contributed by atoms with E-state index in [-0.39, 0.29) is 23.9 Å². The van der Waals surface area contributed by atoms with Crippen LogP contribution in [0.4, 0.5) is 0 Å². The fourth-order valence-corrected chi connectivity index (χ4v) is 3.07. The van der Waals surface area contributed by atoms with Gasteiger partial charge in [-0.05, 0) is 6.92 Å². The number of ether oxygens (including phenoxy) is 2. The molecule has 3 rings (SSSR count). The van der Waals surface area contributed by atoms with Crippen LogP contribution >= 0.6 is 0 Å². The molecule has 0 spiro atoms. The van der Waals surface area contributed by atoms with Gasteiger partial charge in [-0.1, -0.05) is 0 Å². The first-order chi connectivity index (χ1) is 6.12. The molecule has 3 saturated heterocycles. The van der Waals surface area contributed by atoms with Crippen LogP contribution < -0.4 is 0 Å². The molecule has 3 aliphatic rings. The zero-order valence-electron chi connectivity index (χ0n) is 7.40. The van der Waals surface area contributed by atoms with E-state index in [1.54, 1.807) is 0 Å². The zero-order chi connectivity index (χ0) is 9.22. The van der Waals surface area contributed by atoms with Crippen molar-refractivity contribution in [1.82, 2.24) is 0 Å². The maximum Gasteiger partial charge on any atom is 0.312 e. The molecule has 72 valence electrons. The molecule has 3 heterocycles. The van der Waals surface area contributed by atoms with Gasteiger partial charge in [0.2, 0.25) is 0 Å². The summed E-state index contributed by atoms with van der Waals surface area (Å²) in [5.74, 6) is -0.205. The first kappa shape index (κ1) is 7.76. The van der Waals surface area contributed by atoms with Crippen LogP contribution in [-0.4, -0.2) is 35.5 Å². The van der Waals surface area contributed by atoms with Crippen LogP contribution in [0.3, 0.4) is 0 Å². The Morgan fingerprint density at radius 2 is 2.38 bits per heavy atom. The molecule has 4 nitrogen and oxygen atoms in total. The molecule has 5 unspecified atom stereocenters. The highest BCUT2D eigenvalue weighted by molar-refractivity contribution is 5.77. The van der Waals surface area contributed by atoms with Crippen molar-refractivity contribution >= 4 is 5.97 Å². The van der Waals surface area contributed by atoms with E-state index < -0.39 is 11.7 Å². The van der Waals surface area contributed by atoms with Crippen LogP contribution in [0.5, 0.6) is 0 Å². The Bertz CT molecular complexity index is 277. The van der Waals surface area contributed by atoms with Gasteiger partial charge in [0, 0.05) is 12.3 Å². The number of esters is 1. The van der Waals surface area contributed by atoms with E-state index in [0.29, 0.717) is 13.0 Å². The Hall–Kier alpha value is -0.610. The molecule has 0 aromatic heterocycles. The first-order valence-corrected chi connectivity index (χ1v) is 4.64. The van der Waals surface area contributed by atoms with Crippen LogP contribution in [0.25, 0.3) is 0 Å². The number of hydrogen-bond donors (Lipinski definition) is 1. The smallest absolute Gasteiger partial charge is 0.312 e. The van der Waals surface area contributed by atoms with Gasteiger partial charge in [-0.3, -0.25) is 4.79 Å². The number of carbonyl (C=O) groups excluding carboxylic acids is 1. The van der Waals surface area contributed by atoms with E-state index in [9.17, 15) is 9.90 Å². The molecule has 4 heteroatoms. The molecule has 0 radical (unpaired) electrons. The van der Waals surface area contributed by atoms with E-state index in [2.05, 4.69) is 0 Å². The lowest BCUT2D eigenvalue weighted by atomic mass is 9.73. The molecule has 5 atom stereocenters. The molecule has 3 fully saturated rings. The zero-order valence-corrected chi connectivity index (χ0v) is 7.40. The second-order valence-corrected chi connectivity index (χ2v) is 4.44. The largest absolute Gasteiger partial charge is 0.465 e. The van der Waals surface area contributed by atoms with Gasteiger partial charge in [-0.2, -0.15) is 0 Å². The molecule has 0 saturated carbocycles. The normalized spacial score (nSPS) is 58.2. The Balaban J connectivity index is 2.01. The number of cyclic esters (lactones) is 1. The summed E-state index contributed by atoms with van der Waals surface area (Å²) in [6.45, 7) is 2.31. The van der Waals surface area contributed by atoms with Crippen LogP contribution in [0.1, 0.15) is 13.3 Å². The second kappa shape index (κ2) is 2.07. The maximum atomic E-state index is 11.4. The summed E-state index contributed by atoms with van der Waals surface area (Å²) >= 11 is 0. The van der Waals surface area contributed by atoms with E-state index in [0.717, 1.165) is 0 Å². The molecule has 13 heavy (non-hydrogen) atoms. The maximum absolute atomic E-state index is 11.4. The summed E-state index contributed by atoms with van der Waals surface area (Å²) in [6, 6.07) is 0. The highest BCUT2D eigenvalue weighted by atomic mass is 16.6. The standard InChI is InChI=1S/C9H12O4/c1-9-2-5(10)7(13-9)4-3-12-8(11)6(4)9/h4-7,10H,2-3H2,1H3. The summed E-state index contributed by atoms with van der Waals surface area (Å²) in [7, 11) is 0. The number of rotatable bonds is 0. The lowest BCUT2D eigenvalue weighted by Gasteiger charge is -2.27. The Labute approximate surface area is 75.8 Å². The average molecular weight is 184 g/mol. The van der Waals surface area contributed by atoms with Gasteiger partial charge in [-0.25, -0.2) is 0 Å². The molecular weight excluding hydrogens is 172 g/mol. The van der Waals surface area contributed by atoms with Crippen molar-refractivity contribution in [1.29, 1.82) is 0 Å². The molecule has 0 aromatic carbocycles. The Kier molecular flexibility index (Phi) is 1.23. The van der Waals surface area contributed by atoms with Gasteiger partial charge in [0.25, 0.3) is 0 Å². The SMILES string of the molecule is CC12CC(O)C(O1)C1COC(=O)C12. The molecule has 0 aliphatic carbocycles. The van der Waals surface area contributed by atoms with E-state index in [1.807, 2.05) is 6.92 Å². The fourth-order valence-electron chi connectivity index (χ4n) is 3.07. The molecule has 0 aromatic rings. The minimum atomic E-state index is -0.470. The number of hydrogen-bond acceptors (Lipinski definition) is 4. The third-order valence-corrected chi connectivity index (χ3v) is 3.58. The van der Waals surface area contributed by atoms with Crippen LogP contribution in [-0.2, 0) is 14.3 Å². The van der Waals surface area contributed by atoms with E-state index in [4.69, 9.17) is 9.47 Å². The topological polar surface area (TPSA) is 55.8 Å². The van der Waals surface area contributed by atoms with Gasteiger partial charge in [0.1, 0.15) is 0 Å². The van der Waals surface area contributed by atoms with Crippen molar-refractivity contribution in [3.63, 3.8) is 0 Å². The highest BCUT2D eigenvalue weighted by Crippen LogP contribution is 2.53. The first-order valence-electron chi connectivity index (χ1n) is 4.64. The van der Waals surface area contributed by atoms with Gasteiger partial charge < -0.3 is 14.6 Å². The van der Waals surface area contributed by atoms with Crippen molar-refractivity contribution in [2.24, 2.45) is 11.8 Å². The lowest BCUT2D eigenvalue weighted by molar-refractivity contribution is -0.147. The number of carbonyl (C=O) groups is 1. The monoisotopic (exact) mass is 184 g/mol. The van der Waals surface area contributed by atoms with Gasteiger partial charge in [0.15, 0.2) is 0 Å². The average Bonchev–Trinajstić information content (AvgIpc) is 2.61. The summed E-state index contributed by atoms with van der Waals surface area (Å²) in [5.41, 5.74) is -0.470. The minimum absolute atomic E-state index is 0.0845. The van der Waals surface area contributed by atoms with Crippen molar-refractivity contribution in [2.75, 3.05) is 6.61 Å². The lowest BCUT2D eigenvalue weighted by Crippen LogP contribution is -2.41. The Morgan fingerprint density at radius 1 is 1.62 bits per heavy atom. The minimum Gasteiger partial charge on any atom is -0.465 e. The second-order valence-electron chi connectivity index (χ2n) is 4.44. The van der Waals surface area contributed by atoms with Crippen LogP contribution in [0.15, 0.2) is 0 Å². The summed E-state index contributed by atoms with van der Waals surface area (Å²) in [5, 5.41) is 9.63. The predicted octanol–water partition coefficient (Wildman–Crippen LogP) is -0.302. The van der Waals surface area contributed by atoms with Crippen LogP contribution in [0.2, 0.25) is 0 Å². The quantitative estimate of drug-likeness (QED) is 0.525. The number of aliphatic hydroxyl groups excluding tert-OH is 1. The molecular formula is C9H12O4. The van der Waals surface area contributed by atoms with Crippen molar-refractivity contribution in [2.45, 2.75) is 31.2 Å². The molecule has 1 N–H and O–H groups in total. The van der Waals surface area contributed by atoms with Gasteiger partial charge >= 0.3 is 5.97 Å². The van der Waals surface area contributed by atoms with Crippen molar-refractivity contribution in [3.05, 3.63) is 0 Å². The molecule has 3 aliphatic heterocycles. The summed E-state index contributed by atoms with van der Waals surface area (Å²) in [6.07, 6.45) is -0.0318. The van der Waals surface area contributed by atoms with E-state index in [1.165, 1.54) is 0 Å². The summed E-state index contributed by atoms with van der Waals surface area (Å²) in [4.78, 5) is 11.4. The fraction of sp³-hybridized carbons (Fsp3) is 0.889. The third-order valence-electron chi connectivity index (χ3n) is 3.58. The van der Waals surface area contributed by atoms with Crippen LogP contribution in [0, 0.1) is 11.8 Å². The molecule has 2 bridgehead atoms. The Morgan fingerprint density at radius 3 is 3.15 bits per heavy atom. The molecule has 0 amide bonds. The van der Waals surface area contributed by atoms with Crippen molar-refractivity contribution < 1.29 is 19.4 Å². The third kappa shape index (κ3) is 0.758. The van der Waals surface area contributed by atoms with Gasteiger partial charge in [0.05, 0.1) is 30.3 Å². The van der Waals surface area contributed by atoms with E-state index >= 15 is 0 Å². The van der Waals surface area contributed by atoms with Gasteiger partial charge in [-0.15, -0.1) is 0 Å². The number of aliphatic hydroxyl groups is 1. The van der Waals surface area contributed by atoms with Crippen molar-refractivity contribution in [3.8, 4) is 0 Å². The predicted molar refractivity (Wildman–Crippen MR) is 41.8 cm³/mol. The highest BCUT2D eigenvalue weighted by Gasteiger charge is 2.66. The number of fused-ring (bicyclic) bond motifs is 5.